The molecule has 2 aromatic rings. The Morgan fingerprint density at radius 3 is 2.62 bits per heavy atom. The summed E-state index contributed by atoms with van der Waals surface area (Å²) in [4.78, 5) is 4.25. The summed E-state index contributed by atoms with van der Waals surface area (Å²) in [6.45, 7) is 2.05. The summed E-state index contributed by atoms with van der Waals surface area (Å²) in [5.41, 5.74) is 4.47. The highest BCUT2D eigenvalue weighted by Gasteiger charge is 1.94. The Labute approximate surface area is 100 Å². The maximum Gasteiger partial charge on any atom is 0.0794 e. The van der Waals surface area contributed by atoms with Gasteiger partial charge in [0.1, 0.15) is 0 Å². The largest absolute Gasteiger partial charge is 0.316 e. The minimum absolute atomic E-state index is 1.01. The van der Waals surface area contributed by atoms with Crippen molar-refractivity contribution in [3.8, 4) is 0 Å². The van der Waals surface area contributed by atoms with Gasteiger partial charge in [0, 0.05) is 18.3 Å². The van der Waals surface area contributed by atoms with Crippen LogP contribution < -0.4 is 5.32 Å². The summed E-state index contributed by atoms with van der Waals surface area (Å²) in [5.74, 6) is 0. The fourth-order valence-electron chi connectivity index (χ4n) is 1.58. The first-order chi connectivity index (χ1) is 7.95. The van der Waals surface area contributed by atoms with E-state index in [9.17, 15) is 0 Å². The Hall–Kier alpha value is -1.19. The van der Waals surface area contributed by atoms with E-state index in [2.05, 4.69) is 46.0 Å². The summed E-state index contributed by atoms with van der Waals surface area (Å²) in [7, 11) is 0. The number of hydrogen-bond donors (Lipinski definition) is 1. The van der Waals surface area contributed by atoms with E-state index >= 15 is 0 Å². The van der Waals surface area contributed by atoms with Gasteiger partial charge in [0.25, 0.3) is 0 Å². The van der Waals surface area contributed by atoms with Crippen LogP contribution in [0.5, 0.6) is 0 Å². The second-order valence-electron chi connectivity index (χ2n) is 3.72. The van der Waals surface area contributed by atoms with E-state index in [-0.39, 0.29) is 0 Å². The van der Waals surface area contributed by atoms with E-state index < -0.39 is 0 Å². The van der Waals surface area contributed by atoms with E-state index in [1.807, 2.05) is 5.51 Å². The molecule has 1 aromatic carbocycles. The van der Waals surface area contributed by atoms with Gasteiger partial charge in [-0.2, -0.15) is 0 Å². The standard InChI is InChI=1S/C13H16N2S/c1-2-4-12(5-3-1)6-8-14-9-7-13-10-16-11-15-13/h1-5,10-11,14H,6-9H2. The molecule has 84 valence electrons. The third kappa shape index (κ3) is 3.76. The van der Waals surface area contributed by atoms with Crippen molar-refractivity contribution in [2.45, 2.75) is 12.8 Å². The Morgan fingerprint density at radius 1 is 1.06 bits per heavy atom. The second kappa shape index (κ2) is 6.40. The Morgan fingerprint density at radius 2 is 1.88 bits per heavy atom. The maximum atomic E-state index is 4.25. The maximum absolute atomic E-state index is 4.25. The fourth-order valence-corrected chi connectivity index (χ4v) is 2.17. The molecule has 0 bridgehead atoms. The first-order valence-electron chi connectivity index (χ1n) is 5.57. The predicted molar refractivity (Wildman–Crippen MR) is 68.8 cm³/mol. The van der Waals surface area contributed by atoms with E-state index in [4.69, 9.17) is 0 Å². The number of nitrogens with one attached hydrogen (secondary N) is 1. The lowest BCUT2D eigenvalue weighted by atomic mass is 10.1. The Balaban J connectivity index is 1.59. The number of hydrogen-bond acceptors (Lipinski definition) is 3. The molecule has 0 radical (unpaired) electrons. The average molecular weight is 232 g/mol. The summed E-state index contributed by atoms with van der Waals surface area (Å²) < 4.78 is 0. The first-order valence-corrected chi connectivity index (χ1v) is 6.51. The van der Waals surface area contributed by atoms with Crippen molar-refractivity contribution in [1.29, 1.82) is 0 Å². The van der Waals surface area contributed by atoms with E-state index in [0.29, 0.717) is 0 Å². The topological polar surface area (TPSA) is 24.9 Å². The Bertz CT molecular complexity index is 384. The monoisotopic (exact) mass is 232 g/mol. The van der Waals surface area contributed by atoms with Gasteiger partial charge in [0.2, 0.25) is 0 Å². The van der Waals surface area contributed by atoms with Crippen molar-refractivity contribution in [1.82, 2.24) is 10.3 Å². The highest BCUT2D eigenvalue weighted by Crippen LogP contribution is 2.01. The molecule has 0 saturated heterocycles. The highest BCUT2D eigenvalue weighted by molar-refractivity contribution is 7.07. The van der Waals surface area contributed by atoms with Crippen LogP contribution in [-0.4, -0.2) is 18.1 Å². The van der Waals surface area contributed by atoms with Crippen LogP contribution >= 0.6 is 11.3 Å². The minimum atomic E-state index is 1.01. The first kappa shape index (κ1) is 11.3. The van der Waals surface area contributed by atoms with Gasteiger partial charge in [-0.15, -0.1) is 11.3 Å². The molecule has 0 aliphatic rings. The molecule has 1 aromatic heterocycles. The quantitative estimate of drug-likeness (QED) is 0.774. The lowest BCUT2D eigenvalue weighted by Crippen LogP contribution is -2.20. The van der Waals surface area contributed by atoms with Gasteiger partial charge in [-0.05, 0) is 18.5 Å². The van der Waals surface area contributed by atoms with Gasteiger partial charge in [-0.25, -0.2) is 4.98 Å². The lowest BCUT2D eigenvalue weighted by Gasteiger charge is -2.03. The van der Waals surface area contributed by atoms with E-state index in [1.54, 1.807) is 11.3 Å². The SMILES string of the molecule is c1ccc(CCNCCc2cscn2)cc1. The summed E-state index contributed by atoms with van der Waals surface area (Å²) >= 11 is 1.66. The van der Waals surface area contributed by atoms with Crippen molar-refractivity contribution in [3.63, 3.8) is 0 Å². The summed E-state index contributed by atoms with van der Waals surface area (Å²) in [6, 6.07) is 10.6. The van der Waals surface area contributed by atoms with Gasteiger partial charge in [-0.1, -0.05) is 30.3 Å². The number of rotatable bonds is 6. The lowest BCUT2D eigenvalue weighted by molar-refractivity contribution is 0.677. The number of aromatic nitrogens is 1. The van der Waals surface area contributed by atoms with Gasteiger partial charge in [0.15, 0.2) is 0 Å². The molecule has 1 heterocycles. The smallest absolute Gasteiger partial charge is 0.0794 e. The normalized spacial score (nSPS) is 10.5. The molecule has 0 atom stereocenters. The molecule has 0 spiro atoms. The third-order valence-electron chi connectivity index (χ3n) is 2.47. The third-order valence-corrected chi connectivity index (χ3v) is 3.11. The Kier molecular flexibility index (Phi) is 4.52. The van der Waals surface area contributed by atoms with Crippen molar-refractivity contribution < 1.29 is 0 Å². The van der Waals surface area contributed by atoms with Crippen LogP contribution in [0.25, 0.3) is 0 Å². The molecule has 3 heteroatoms. The van der Waals surface area contributed by atoms with Gasteiger partial charge >= 0.3 is 0 Å². The molecule has 16 heavy (non-hydrogen) atoms. The van der Waals surface area contributed by atoms with Crippen LogP contribution in [-0.2, 0) is 12.8 Å². The number of nitrogens with zero attached hydrogens (tertiary/aromatic N) is 1. The molecule has 2 rings (SSSR count). The van der Waals surface area contributed by atoms with E-state index in [1.165, 1.54) is 11.3 Å². The van der Waals surface area contributed by atoms with Gasteiger partial charge in [-0.3, -0.25) is 0 Å². The zero-order valence-corrected chi connectivity index (χ0v) is 10.0. The number of benzene rings is 1. The van der Waals surface area contributed by atoms with Crippen LogP contribution in [0.15, 0.2) is 41.2 Å². The molecule has 0 aliphatic carbocycles. The minimum Gasteiger partial charge on any atom is -0.316 e. The molecular weight excluding hydrogens is 216 g/mol. The fraction of sp³-hybridized carbons (Fsp3) is 0.308. The van der Waals surface area contributed by atoms with Crippen molar-refractivity contribution in [3.05, 3.63) is 52.5 Å². The highest BCUT2D eigenvalue weighted by atomic mass is 32.1. The molecule has 0 fully saturated rings. The molecule has 2 nitrogen and oxygen atoms in total. The second-order valence-corrected chi connectivity index (χ2v) is 4.43. The molecule has 0 amide bonds. The van der Waals surface area contributed by atoms with Gasteiger partial charge in [0.05, 0.1) is 11.2 Å². The zero-order chi connectivity index (χ0) is 11.1. The van der Waals surface area contributed by atoms with Crippen molar-refractivity contribution >= 4 is 11.3 Å². The zero-order valence-electron chi connectivity index (χ0n) is 9.23. The van der Waals surface area contributed by atoms with E-state index in [0.717, 1.165) is 25.9 Å². The summed E-state index contributed by atoms with van der Waals surface area (Å²) in [5, 5.41) is 5.55. The van der Waals surface area contributed by atoms with Crippen molar-refractivity contribution in [2.24, 2.45) is 0 Å². The molecule has 1 N–H and O–H groups in total. The molecule has 0 saturated carbocycles. The van der Waals surface area contributed by atoms with Gasteiger partial charge < -0.3 is 5.32 Å². The molecular formula is C13H16N2S. The van der Waals surface area contributed by atoms with Crippen LogP contribution in [0.1, 0.15) is 11.3 Å². The van der Waals surface area contributed by atoms with Crippen LogP contribution in [0, 0.1) is 0 Å². The average Bonchev–Trinajstić information content (AvgIpc) is 2.83. The molecule has 0 aliphatic heterocycles. The predicted octanol–water partition coefficient (Wildman–Crippen LogP) is 2.52. The van der Waals surface area contributed by atoms with Crippen LogP contribution in [0.3, 0.4) is 0 Å². The van der Waals surface area contributed by atoms with Crippen molar-refractivity contribution in [2.75, 3.05) is 13.1 Å². The van der Waals surface area contributed by atoms with Crippen LogP contribution in [0.2, 0.25) is 0 Å². The van der Waals surface area contributed by atoms with Crippen LogP contribution in [0.4, 0.5) is 0 Å². The summed E-state index contributed by atoms with van der Waals surface area (Å²) in [6.07, 6.45) is 2.12. The number of thiazole rings is 1. The molecule has 0 unspecified atom stereocenters.